The Morgan fingerprint density at radius 1 is 1.33 bits per heavy atom. The first kappa shape index (κ1) is 13.1. The fourth-order valence-corrected chi connectivity index (χ4v) is 2.15. The largest absolute Gasteiger partial charge is 0.324 e. The SMILES string of the molecule is CCc1ccc2c(c1)C(NC(C)C(C)C)C(=O)N2. The normalized spacial score (nSPS) is 19.8. The van der Waals surface area contributed by atoms with Gasteiger partial charge in [0.05, 0.1) is 0 Å². The second-order valence-electron chi connectivity index (χ2n) is 5.40. The zero-order valence-electron chi connectivity index (χ0n) is 11.6. The second kappa shape index (κ2) is 5.11. The Hall–Kier alpha value is -1.35. The molecule has 2 unspecified atom stereocenters. The average molecular weight is 246 g/mol. The molecule has 0 radical (unpaired) electrons. The molecule has 0 saturated carbocycles. The van der Waals surface area contributed by atoms with Gasteiger partial charge >= 0.3 is 0 Å². The maximum absolute atomic E-state index is 12.0. The van der Waals surface area contributed by atoms with Gasteiger partial charge in [0.2, 0.25) is 5.91 Å². The van der Waals surface area contributed by atoms with Gasteiger partial charge in [0.25, 0.3) is 0 Å². The molecule has 0 bridgehead atoms. The van der Waals surface area contributed by atoms with Crippen LogP contribution in [0.5, 0.6) is 0 Å². The van der Waals surface area contributed by atoms with E-state index in [0.717, 1.165) is 17.7 Å². The van der Waals surface area contributed by atoms with Crippen LogP contribution in [0.4, 0.5) is 5.69 Å². The van der Waals surface area contributed by atoms with Gasteiger partial charge in [0.1, 0.15) is 6.04 Å². The van der Waals surface area contributed by atoms with Crippen LogP contribution in [-0.2, 0) is 11.2 Å². The Morgan fingerprint density at radius 3 is 2.67 bits per heavy atom. The molecule has 0 fully saturated rings. The van der Waals surface area contributed by atoms with E-state index in [2.05, 4.69) is 50.5 Å². The van der Waals surface area contributed by atoms with Crippen molar-refractivity contribution < 1.29 is 4.79 Å². The van der Waals surface area contributed by atoms with Gasteiger partial charge in [-0.2, -0.15) is 0 Å². The maximum atomic E-state index is 12.0. The molecule has 2 rings (SSSR count). The summed E-state index contributed by atoms with van der Waals surface area (Å²) in [5.74, 6) is 0.571. The van der Waals surface area contributed by atoms with E-state index in [1.807, 2.05) is 6.07 Å². The first-order valence-corrected chi connectivity index (χ1v) is 6.72. The number of rotatable bonds is 4. The molecule has 2 N–H and O–H groups in total. The minimum atomic E-state index is -0.205. The number of aryl methyl sites for hydroxylation is 1. The summed E-state index contributed by atoms with van der Waals surface area (Å²) in [7, 11) is 0. The molecule has 0 spiro atoms. The Labute approximate surface area is 109 Å². The maximum Gasteiger partial charge on any atom is 0.246 e. The fraction of sp³-hybridized carbons (Fsp3) is 0.533. The van der Waals surface area contributed by atoms with E-state index in [4.69, 9.17) is 0 Å². The van der Waals surface area contributed by atoms with Crippen LogP contribution in [0, 0.1) is 5.92 Å². The van der Waals surface area contributed by atoms with Crippen LogP contribution in [0.15, 0.2) is 18.2 Å². The van der Waals surface area contributed by atoms with Crippen LogP contribution in [-0.4, -0.2) is 11.9 Å². The Morgan fingerprint density at radius 2 is 2.06 bits per heavy atom. The van der Waals surface area contributed by atoms with Gasteiger partial charge in [-0.05, 0) is 30.9 Å². The first-order chi connectivity index (χ1) is 8.52. The number of benzene rings is 1. The third-order valence-electron chi connectivity index (χ3n) is 3.78. The number of carbonyl (C=O) groups is 1. The van der Waals surface area contributed by atoms with Crippen molar-refractivity contribution >= 4 is 11.6 Å². The van der Waals surface area contributed by atoms with Gasteiger partial charge < -0.3 is 5.32 Å². The van der Waals surface area contributed by atoms with E-state index in [9.17, 15) is 4.79 Å². The predicted octanol–water partition coefficient (Wildman–Crippen LogP) is 2.88. The third-order valence-corrected chi connectivity index (χ3v) is 3.78. The molecule has 1 aromatic rings. The Bertz CT molecular complexity index is 454. The lowest BCUT2D eigenvalue weighted by atomic mass is 10.0. The number of amides is 1. The van der Waals surface area contributed by atoms with Crippen molar-refractivity contribution in [3.63, 3.8) is 0 Å². The highest BCUT2D eigenvalue weighted by Gasteiger charge is 2.31. The van der Waals surface area contributed by atoms with E-state index in [0.29, 0.717) is 12.0 Å². The van der Waals surface area contributed by atoms with Crippen LogP contribution >= 0.6 is 0 Å². The van der Waals surface area contributed by atoms with Crippen LogP contribution in [0.25, 0.3) is 0 Å². The summed E-state index contributed by atoms with van der Waals surface area (Å²) in [5.41, 5.74) is 3.31. The highest BCUT2D eigenvalue weighted by Crippen LogP contribution is 2.32. The fourth-order valence-electron chi connectivity index (χ4n) is 2.15. The number of hydrogen-bond acceptors (Lipinski definition) is 2. The van der Waals surface area contributed by atoms with Crippen molar-refractivity contribution in [2.45, 2.75) is 46.2 Å². The average Bonchev–Trinajstić information content (AvgIpc) is 2.65. The molecule has 2 atom stereocenters. The minimum absolute atomic E-state index is 0.0609. The van der Waals surface area contributed by atoms with Gasteiger partial charge in [-0.25, -0.2) is 0 Å². The molecule has 0 aromatic heterocycles. The first-order valence-electron chi connectivity index (χ1n) is 6.72. The minimum Gasteiger partial charge on any atom is -0.324 e. The Balaban J connectivity index is 2.26. The molecule has 0 saturated heterocycles. The standard InChI is InChI=1S/C15H22N2O/c1-5-11-6-7-13-12(8-11)14(15(18)17-13)16-10(4)9(2)3/h6-10,14,16H,5H2,1-4H3,(H,17,18). The molecular weight excluding hydrogens is 224 g/mol. The van der Waals surface area contributed by atoms with Gasteiger partial charge in [-0.3, -0.25) is 10.1 Å². The van der Waals surface area contributed by atoms with E-state index in [-0.39, 0.29) is 11.9 Å². The zero-order chi connectivity index (χ0) is 13.3. The number of nitrogens with one attached hydrogen (secondary N) is 2. The summed E-state index contributed by atoms with van der Waals surface area (Å²) in [6.07, 6.45) is 0.994. The smallest absolute Gasteiger partial charge is 0.246 e. The van der Waals surface area contributed by atoms with E-state index in [1.54, 1.807) is 0 Å². The summed E-state index contributed by atoms with van der Waals surface area (Å²) < 4.78 is 0. The van der Waals surface area contributed by atoms with Crippen molar-refractivity contribution in [2.24, 2.45) is 5.92 Å². The van der Waals surface area contributed by atoms with Crippen molar-refractivity contribution in [1.82, 2.24) is 5.32 Å². The van der Waals surface area contributed by atoms with Crippen molar-refractivity contribution in [3.05, 3.63) is 29.3 Å². The molecule has 3 heteroatoms. The van der Waals surface area contributed by atoms with Crippen LogP contribution in [0.1, 0.15) is 44.9 Å². The van der Waals surface area contributed by atoms with Gasteiger partial charge in [0, 0.05) is 17.3 Å². The van der Waals surface area contributed by atoms with Crippen LogP contribution < -0.4 is 10.6 Å². The number of anilines is 1. The molecule has 1 heterocycles. The molecule has 0 aliphatic carbocycles. The van der Waals surface area contributed by atoms with E-state index < -0.39 is 0 Å². The van der Waals surface area contributed by atoms with Gasteiger partial charge in [-0.15, -0.1) is 0 Å². The lowest BCUT2D eigenvalue weighted by Crippen LogP contribution is -2.37. The van der Waals surface area contributed by atoms with Gasteiger partial charge in [0.15, 0.2) is 0 Å². The lowest BCUT2D eigenvalue weighted by Gasteiger charge is -2.21. The Kier molecular flexibility index (Phi) is 3.71. The quantitative estimate of drug-likeness (QED) is 0.857. The number of carbonyl (C=O) groups excluding carboxylic acids is 1. The monoisotopic (exact) mass is 246 g/mol. The molecule has 18 heavy (non-hydrogen) atoms. The lowest BCUT2D eigenvalue weighted by molar-refractivity contribution is -0.117. The predicted molar refractivity (Wildman–Crippen MR) is 74.6 cm³/mol. The summed E-state index contributed by atoms with van der Waals surface area (Å²) >= 11 is 0. The summed E-state index contributed by atoms with van der Waals surface area (Å²) in [4.78, 5) is 12.0. The van der Waals surface area contributed by atoms with E-state index >= 15 is 0 Å². The molecule has 1 aliphatic heterocycles. The molecular formula is C15H22N2O. The molecule has 98 valence electrons. The highest BCUT2D eigenvalue weighted by molar-refractivity contribution is 6.02. The molecule has 1 aliphatic rings. The highest BCUT2D eigenvalue weighted by atomic mass is 16.2. The van der Waals surface area contributed by atoms with Crippen molar-refractivity contribution in [3.8, 4) is 0 Å². The third kappa shape index (κ3) is 2.41. The number of fused-ring (bicyclic) bond motifs is 1. The van der Waals surface area contributed by atoms with Crippen molar-refractivity contribution in [2.75, 3.05) is 5.32 Å². The number of hydrogen-bond donors (Lipinski definition) is 2. The molecule has 1 amide bonds. The molecule has 3 nitrogen and oxygen atoms in total. The van der Waals surface area contributed by atoms with Crippen molar-refractivity contribution in [1.29, 1.82) is 0 Å². The topological polar surface area (TPSA) is 41.1 Å². The zero-order valence-corrected chi connectivity index (χ0v) is 11.6. The second-order valence-corrected chi connectivity index (χ2v) is 5.40. The van der Waals surface area contributed by atoms with Gasteiger partial charge in [-0.1, -0.05) is 32.9 Å². The van der Waals surface area contributed by atoms with Crippen LogP contribution in [0.3, 0.4) is 0 Å². The summed E-state index contributed by atoms with van der Waals surface area (Å²) in [6, 6.07) is 6.33. The summed E-state index contributed by atoms with van der Waals surface area (Å²) in [5, 5.41) is 6.37. The summed E-state index contributed by atoms with van der Waals surface area (Å²) in [6.45, 7) is 8.58. The molecule has 1 aromatic carbocycles. The van der Waals surface area contributed by atoms with E-state index in [1.165, 1.54) is 5.56 Å². The van der Waals surface area contributed by atoms with Crippen LogP contribution in [0.2, 0.25) is 0 Å².